The number of hydrogen-bond donors (Lipinski definition) is 0. The van der Waals surface area contributed by atoms with E-state index in [0.29, 0.717) is 23.1 Å². The van der Waals surface area contributed by atoms with Crippen molar-refractivity contribution in [2.45, 2.75) is 33.2 Å². The summed E-state index contributed by atoms with van der Waals surface area (Å²) in [5.41, 5.74) is -0.127. The number of para-hydroxylation sites is 1. The molecule has 0 aliphatic heterocycles. The van der Waals surface area contributed by atoms with Gasteiger partial charge in [0, 0.05) is 20.0 Å². The van der Waals surface area contributed by atoms with Gasteiger partial charge >= 0.3 is 0 Å². The van der Waals surface area contributed by atoms with Crippen molar-refractivity contribution in [2.75, 3.05) is 12.9 Å². The Morgan fingerprint density at radius 2 is 2.00 bits per heavy atom. The molecule has 1 unspecified atom stereocenters. The third kappa shape index (κ3) is 3.18. The van der Waals surface area contributed by atoms with Crippen molar-refractivity contribution in [1.29, 1.82) is 0 Å². The minimum atomic E-state index is -0.667. The zero-order chi connectivity index (χ0) is 18.1. The van der Waals surface area contributed by atoms with Crippen LogP contribution in [0.4, 0.5) is 0 Å². The summed E-state index contributed by atoms with van der Waals surface area (Å²) in [7, 11) is 3.44. The molecule has 1 heterocycles. The highest BCUT2D eigenvalue weighted by molar-refractivity contribution is 6.19. The first-order valence-electron chi connectivity index (χ1n) is 8.03. The Morgan fingerprint density at radius 1 is 1.38 bits per heavy atom. The van der Waals surface area contributed by atoms with E-state index in [1.165, 1.54) is 4.57 Å². The fourth-order valence-electron chi connectivity index (χ4n) is 2.84. The molecule has 130 valence electrons. The van der Waals surface area contributed by atoms with Crippen LogP contribution in [0.5, 0.6) is 0 Å². The van der Waals surface area contributed by atoms with Gasteiger partial charge < -0.3 is 4.90 Å². The monoisotopic (exact) mass is 349 g/mol. The van der Waals surface area contributed by atoms with Crippen molar-refractivity contribution >= 4 is 28.4 Å². The first kappa shape index (κ1) is 18.5. The highest BCUT2D eigenvalue weighted by atomic mass is 35.5. The number of nitrogens with zero attached hydrogens (tertiary/aromatic N) is 3. The third-order valence-electron chi connectivity index (χ3n) is 4.40. The zero-order valence-corrected chi connectivity index (χ0v) is 15.6. The first-order chi connectivity index (χ1) is 11.2. The van der Waals surface area contributed by atoms with Gasteiger partial charge in [0.05, 0.1) is 22.4 Å². The summed E-state index contributed by atoms with van der Waals surface area (Å²) in [6.07, 6.45) is 0.652. The second-order valence-electron chi connectivity index (χ2n) is 6.71. The van der Waals surface area contributed by atoms with Gasteiger partial charge in [0.25, 0.3) is 5.56 Å². The molecule has 0 fully saturated rings. The molecule has 2 aromatic rings. The summed E-state index contributed by atoms with van der Waals surface area (Å²) in [5, 5.41) is 0.577. The molecular weight excluding hydrogens is 326 g/mol. The lowest BCUT2D eigenvalue weighted by Gasteiger charge is -2.33. The maximum atomic E-state index is 12.8. The van der Waals surface area contributed by atoms with Gasteiger partial charge in [0.2, 0.25) is 5.91 Å². The molecule has 1 aromatic heterocycles. The van der Waals surface area contributed by atoms with Crippen molar-refractivity contribution in [1.82, 2.24) is 14.5 Å². The van der Waals surface area contributed by atoms with E-state index in [2.05, 4.69) is 4.98 Å². The van der Waals surface area contributed by atoms with Crippen LogP contribution >= 0.6 is 11.6 Å². The highest BCUT2D eigenvalue weighted by Gasteiger charge is 2.34. The Hall–Kier alpha value is -1.88. The van der Waals surface area contributed by atoms with Gasteiger partial charge in [-0.05, 0) is 32.4 Å². The molecule has 1 amide bonds. The molecule has 0 aliphatic carbocycles. The molecule has 24 heavy (non-hydrogen) atoms. The fraction of sp³-hybridized carbons (Fsp3) is 0.500. The van der Waals surface area contributed by atoms with Crippen molar-refractivity contribution in [3.63, 3.8) is 0 Å². The van der Waals surface area contributed by atoms with Gasteiger partial charge in [-0.25, -0.2) is 4.98 Å². The number of rotatable bonds is 5. The third-order valence-corrected chi connectivity index (χ3v) is 5.07. The van der Waals surface area contributed by atoms with Crippen LogP contribution < -0.4 is 5.56 Å². The standard InChI is InChI=1S/C18H24ClN3O2/c1-6-14(21(4)17(24)18(2,3)11-19)15-20-13-10-8-7-9-12(13)16(23)22(15)5/h7-10,14H,6,11H2,1-5H3. The van der Waals surface area contributed by atoms with E-state index in [4.69, 9.17) is 11.6 Å². The Kier molecular flexibility index (Phi) is 5.33. The number of aromatic nitrogens is 2. The molecule has 2 rings (SSSR count). The predicted molar refractivity (Wildman–Crippen MR) is 97.3 cm³/mol. The molecular formula is C18H24ClN3O2. The normalized spacial score (nSPS) is 13.1. The van der Waals surface area contributed by atoms with E-state index in [1.54, 1.807) is 25.1 Å². The summed E-state index contributed by atoms with van der Waals surface area (Å²) in [6, 6.07) is 6.96. The lowest BCUT2D eigenvalue weighted by Crippen LogP contribution is -2.43. The molecule has 1 aromatic carbocycles. The number of alkyl halides is 1. The SMILES string of the molecule is CCC(c1nc2ccccc2c(=O)n1C)N(C)C(=O)C(C)(C)CCl. The Balaban J connectivity index is 2.55. The molecule has 0 N–H and O–H groups in total. The highest BCUT2D eigenvalue weighted by Crippen LogP contribution is 2.28. The van der Waals surface area contributed by atoms with E-state index >= 15 is 0 Å². The van der Waals surface area contributed by atoms with Crippen LogP contribution in [0.3, 0.4) is 0 Å². The van der Waals surface area contributed by atoms with E-state index in [9.17, 15) is 9.59 Å². The van der Waals surface area contributed by atoms with Crippen LogP contribution in [0.2, 0.25) is 0 Å². The van der Waals surface area contributed by atoms with Gasteiger partial charge in [-0.3, -0.25) is 14.2 Å². The Labute approximate surface area is 147 Å². The van der Waals surface area contributed by atoms with E-state index < -0.39 is 5.41 Å². The molecule has 0 aliphatic rings. The van der Waals surface area contributed by atoms with Crippen molar-refractivity contribution in [3.8, 4) is 0 Å². The average molecular weight is 350 g/mol. The van der Waals surface area contributed by atoms with Gasteiger partial charge in [0.1, 0.15) is 5.82 Å². The fourth-order valence-corrected chi connectivity index (χ4v) is 2.95. The number of benzene rings is 1. The summed E-state index contributed by atoms with van der Waals surface area (Å²) >= 11 is 5.94. The van der Waals surface area contributed by atoms with Gasteiger partial charge in [-0.15, -0.1) is 11.6 Å². The first-order valence-corrected chi connectivity index (χ1v) is 8.57. The lowest BCUT2D eigenvalue weighted by atomic mass is 9.93. The van der Waals surface area contributed by atoms with Crippen molar-refractivity contribution in [3.05, 3.63) is 40.4 Å². The predicted octanol–water partition coefficient (Wildman–Crippen LogP) is 3.11. The van der Waals surface area contributed by atoms with Crippen LogP contribution in [-0.2, 0) is 11.8 Å². The van der Waals surface area contributed by atoms with Crippen molar-refractivity contribution < 1.29 is 4.79 Å². The molecule has 6 heteroatoms. The molecule has 0 radical (unpaired) electrons. The van der Waals surface area contributed by atoms with Crippen LogP contribution in [0.15, 0.2) is 29.1 Å². The maximum Gasteiger partial charge on any atom is 0.261 e. The van der Waals surface area contributed by atoms with Gasteiger partial charge in [0.15, 0.2) is 0 Å². The number of halogens is 1. The molecule has 5 nitrogen and oxygen atoms in total. The second kappa shape index (κ2) is 6.93. The summed E-state index contributed by atoms with van der Waals surface area (Å²) in [6.45, 7) is 5.61. The number of carbonyl (C=O) groups is 1. The average Bonchev–Trinajstić information content (AvgIpc) is 2.58. The van der Waals surface area contributed by atoms with Crippen LogP contribution in [-0.4, -0.2) is 33.3 Å². The van der Waals surface area contributed by atoms with Gasteiger partial charge in [-0.2, -0.15) is 0 Å². The molecule has 0 saturated carbocycles. The van der Waals surface area contributed by atoms with Crippen LogP contribution in [0.1, 0.15) is 39.1 Å². The lowest BCUT2D eigenvalue weighted by molar-refractivity contribution is -0.140. The number of hydrogen-bond acceptors (Lipinski definition) is 3. The summed E-state index contributed by atoms with van der Waals surface area (Å²) in [4.78, 5) is 31.7. The molecule has 0 saturated heterocycles. The number of amides is 1. The number of carbonyl (C=O) groups excluding carboxylic acids is 1. The summed E-state index contributed by atoms with van der Waals surface area (Å²) in [5.74, 6) is 0.755. The van der Waals surface area contributed by atoms with E-state index in [0.717, 1.165) is 0 Å². The van der Waals surface area contributed by atoms with Crippen LogP contribution in [0.25, 0.3) is 10.9 Å². The second-order valence-corrected chi connectivity index (χ2v) is 6.98. The topological polar surface area (TPSA) is 55.2 Å². The van der Waals surface area contributed by atoms with Crippen LogP contribution in [0, 0.1) is 5.41 Å². The maximum absolute atomic E-state index is 12.8. The molecule has 1 atom stereocenters. The zero-order valence-electron chi connectivity index (χ0n) is 14.8. The quantitative estimate of drug-likeness (QED) is 0.779. The minimum absolute atomic E-state index is 0.0632. The van der Waals surface area contributed by atoms with Gasteiger partial charge in [-0.1, -0.05) is 19.1 Å². The molecule has 0 spiro atoms. The van der Waals surface area contributed by atoms with E-state index in [1.807, 2.05) is 39.0 Å². The minimum Gasteiger partial charge on any atom is -0.335 e. The van der Waals surface area contributed by atoms with Crippen molar-refractivity contribution in [2.24, 2.45) is 12.5 Å². The largest absolute Gasteiger partial charge is 0.335 e. The number of fused-ring (bicyclic) bond motifs is 1. The molecule has 0 bridgehead atoms. The smallest absolute Gasteiger partial charge is 0.261 e. The Morgan fingerprint density at radius 3 is 2.58 bits per heavy atom. The summed E-state index contributed by atoms with van der Waals surface area (Å²) < 4.78 is 1.54. The van der Waals surface area contributed by atoms with E-state index in [-0.39, 0.29) is 23.4 Å². The Bertz CT molecular complexity index is 814.